The van der Waals surface area contributed by atoms with Crippen LogP contribution in [0.4, 0.5) is 0 Å². The lowest BCUT2D eigenvalue weighted by Crippen LogP contribution is -2.21. The maximum Gasteiger partial charge on any atom is 0.273 e. The highest BCUT2D eigenvalue weighted by atomic mass is 35.5. The summed E-state index contributed by atoms with van der Waals surface area (Å²) in [6.45, 7) is 0. The summed E-state index contributed by atoms with van der Waals surface area (Å²) in [5.41, 5.74) is 1.28. The minimum absolute atomic E-state index is 0.222. The zero-order valence-electron chi connectivity index (χ0n) is 7.58. The van der Waals surface area contributed by atoms with Crippen LogP contribution in [0.5, 0.6) is 0 Å². The average molecular weight is 239 g/mol. The summed E-state index contributed by atoms with van der Waals surface area (Å²) in [5, 5.41) is 6.20. The third kappa shape index (κ3) is 2.34. The summed E-state index contributed by atoms with van der Waals surface area (Å²) in [5.74, 6) is -0.222. The molecule has 2 N–H and O–H groups in total. The second kappa shape index (κ2) is 4.00. The minimum Gasteiger partial charge on any atom is -0.328 e. The predicted molar refractivity (Wildman–Crippen MR) is 63.3 cm³/mol. The molecule has 0 unspecified atom stereocenters. The van der Waals surface area contributed by atoms with Crippen LogP contribution in [0.15, 0.2) is 30.0 Å². The van der Waals surface area contributed by atoms with Gasteiger partial charge in [-0.25, -0.2) is 0 Å². The van der Waals surface area contributed by atoms with Crippen LogP contribution >= 0.6 is 23.8 Å². The lowest BCUT2D eigenvalue weighted by atomic mass is 10.2. The number of thiocarbonyl (C=S) groups is 1. The topological polar surface area (TPSA) is 41.1 Å². The maximum atomic E-state index is 11.3. The number of hydrogen-bond acceptors (Lipinski definition) is 2. The Balaban J connectivity index is 2.31. The third-order valence-corrected chi connectivity index (χ3v) is 2.32. The Kier molecular flexibility index (Phi) is 2.70. The molecule has 0 saturated carbocycles. The maximum absolute atomic E-state index is 11.3. The van der Waals surface area contributed by atoms with E-state index in [4.69, 9.17) is 23.8 Å². The molecule has 1 saturated heterocycles. The van der Waals surface area contributed by atoms with E-state index in [1.165, 1.54) is 0 Å². The fourth-order valence-electron chi connectivity index (χ4n) is 1.25. The first-order valence-electron chi connectivity index (χ1n) is 4.25. The van der Waals surface area contributed by atoms with Crippen molar-refractivity contribution in [3.8, 4) is 0 Å². The van der Waals surface area contributed by atoms with Crippen molar-refractivity contribution in [1.82, 2.24) is 10.6 Å². The number of nitrogens with one attached hydrogen (secondary N) is 2. The van der Waals surface area contributed by atoms with E-state index in [2.05, 4.69) is 10.6 Å². The molecule has 1 aliphatic heterocycles. The number of amides is 1. The van der Waals surface area contributed by atoms with Gasteiger partial charge in [-0.1, -0.05) is 23.7 Å². The zero-order chi connectivity index (χ0) is 10.8. The predicted octanol–water partition coefficient (Wildman–Crippen LogP) is 1.69. The van der Waals surface area contributed by atoms with Crippen LogP contribution in [0.2, 0.25) is 5.02 Å². The monoisotopic (exact) mass is 238 g/mol. The summed E-state index contributed by atoms with van der Waals surface area (Å²) in [4.78, 5) is 11.3. The smallest absolute Gasteiger partial charge is 0.273 e. The Morgan fingerprint density at radius 1 is 1.33 bits per heavy atom. The summed E-state index contributed by atoms with van der Waals surface area (Å²) in [6.07, 6.45) is 1.69. The number of hydrogen-bond donors (Lipinski definition) is 2. The van der Waals surface area contributed by atoms with Crippen LogP contribution in [0.1, 0.15) is 5.56 Å². The van der Waals surface area contributed by atoms with Gasteiger partial charge in [0.1, 0.15) is 5.70 Å². The van der Waals surface area contributed by atoms with Gasteiger partial charge >= 0.3 is 0 Å². The Morgan fingerprint density at radius 3 is 2.73 bits per heavy atom. The molecule has 0 radical (unpaired) electrons. The van der Waals surface area contributed by atoms with Crippen molar-refractivity contribution < 1.29 is 4.79 Å². The Hall–Kier alpha value is -1.39. The van der Waals surface area contributed by atoms with E-state index < -0.39 is 0 Å². The van der Waals surface area contributed by atoms with Crippen molar-refractivity contribution >= 4 is 40.9 Å². The summed E-state index contributed by atoms with van der Waals surface area (Å²) in [6, 6.07) is 7.22. The van der Waals surface area contributed by atoms with E-state index >= 15 is 0 Å². The molecule has 5 heteroatoms. The molecule has 0 spiro atoms. The molecule has 1 fully saturated rings. The molecule has 1 amide bonds. The number of benzene rings is 1. The molecular weight excluding hydrogens is 232 g/mol. The van der Waals surface area contributed by atoms with Gasteiger partial charge in [-0.05, 0) is 36.0 Å². The van der Waals surface area contributed by atoms with E-state index in [-0.39, 0.29) is 5.91 Å². The zero-order valence-corrected chi connectivity index (χ0v) is 9.15. The molecule has 1 aromatic rings. The molecule has 76 valence electrons. The fraction of sp³-hybridized carbons (Fsp3) is 0. The van der Waals surface area contributed by atoms with Gasteiger partial charge in [0, 0.05) is 5.02 Å². The van der Waals surface area contributed by atoms with Crippen LogP contribution in [0.25, 0.3) is 6.08 Å². The molecular formula is C10H7ClN2OS. The van der Waals surface area contributed by atoms with E-state index in [1.54, 1.807) is 18.2 Å². The largest absolute Gasteiger partial charge is 0.328 e. The summed E-state index contributed by atoms with van der Waals surface area (Å²) in [7, 11) is 0. The SMILES string of the molecule is O=C1NC(=S)N/C1=C/c1cccc(Cl)c1. The van der Waals surface area contributed by atoms with Crippen LogP contribution in [0, 0.1) is 0 Å². The van der Waals surface area contributed by atoms with Crippen molar-refractivity contribution in [3.63, 3.8) is 0 Å². The van der Waals surface area contributed by atoms with Crippen molar-refractivity contribution in [3.05, 3.63) is 40.5 Å². The van der Waals surface area contributed by atoms with Crippen LogP contribution < -0.4 is 10.6 Å². The number of carbonyl (C=O) groups is 1. The fourth-order valence-corrected chi connectivity index (χ4v) is 1.65. The molecule has 0 aliphatic carbocycles. The highest BCUT2D eigenvalue weighted by Crippen LogP contribution is 2.14. The second-order valence-electron chi connectivity index (χ2n) is 3.02. The molecule has 0 bridgehead atoms. The molecule has 15 heavy (non-hydrogen) atoms. The van der Waals surface area contributed by atoms with Crippen molar-refractivity contribution in [1.29, 1.82) is 0 Å². The van der Waals surface area contributed by atoms with Gasteiger partial charge in [-0.3, -0.25) is 10.1 Å². The number of halogens is 1. The summed E-state index contributed by atoms with van der Waals surface area (Å²) >= 11 is 10.6. The highest BCUT2D eigenvalue weighted by molar-refractivity contribution is 7.80. The molecule has 2 rings (SSSR count). The molecule has 1 aromatic carbocycles. The first-order chi connectivity index (χ1) is 7.15. The highest BCUT2D eigenvalue weighted by Gasteiger charge is 2.19. The second-order valence-corrected chi connectivity index (χ2v) is 3.87. The van der Waals surface area contributed by atoms with Crippen LogP contribution in [-0.2, 0) is 4.79 Å². The van der Waals surface area contributed by atoms with Gasteiger partial charge in [-0.15, -0.1) is 0 Å². The first kappa shape index (κ1) is 10.1. The molecule has 1 heterocycles. The number of carbonyl (C=O) groups excluding carboxylic acids is 1. The molecule has 1 aliphatic rings. The average Bonchev–Trinajstić information content (AvgIpc) is 2.45. The van der Waals surface area contributed by atoms with Gasteiger partial charge in [0.2, 0.25) is 0 Å². The van der Waals surface area contributed by atoms with Gasteiger partial charge < -0.3 is 5.32 Å². The van der Waals surface area contributed by atoms with Crippen LogP contribution in [-0.4, -0.2) is 11.0 Å². The van der Waals surface area contributed by atoms with Gasteiger partial charge in [0.15, 0.2) is 5.11 Å². The molecule has 0 atom stereocenters. The van der Waals surface area contributed by atoms with Crippen molar-refractivity contribution in [2.75, 3.05) is 0 Å². The standard InChI is InChI=1S/C10H7ClN2OS/c11-7-3-1-2-6(4-7)5-8-9(14)13-10(15)12-8/h1-5H,(H2,12,13,14,15)/b8-5+. The van der Waals surface area contributed by atoms with Gasteiger partial charge in [0.05, 0.1) is 0 Å². The number of rotatable bonds is 1. The van der Waals surface area contributed by atoms with Crippen molar-refractivity contribution in [2.24, 2.45) is 0 Å². The Labute approximate surface area is 97.1 Å². The van der Waals surface area contributed by atoms with Gasteiger partial charge in [-0.2, -0.15) is 0 Å². The van der Waals surface area contributed by atoms with E-state index in [0.29, 0.717) is 15.8 Å². The molecule has 3 nitrogen and oxygen atoms in total. The molecule has 0 aromatic heterocycles. The van der Waals surface area contributed by atoms with E-state index in [0.717, 1.165) is 5.56 Å². The first-order valence-corrected chi connectivity index (χ1v) is 5.03. The quantitative estimate of drug-likeness (QED) is 0.578. The Morgan fingerprint density at radius 2 is 2.13 bits per heavy atom. The Bertz CT molecular complexity index is 470. The van der Waals surface area contributed by atoms with E-state index in [1.807, 2.05) is 12.1 Å². The summed E-state index contributed by atoms with van der Waals surface area (Å²) < 4.78 is 0. The lowest BCUT2D eigenvalue weighted by molar-refractivity contribution is -0.115. The van der Waals surface area contributed by atoms with Crippen molar-refractivity contribution in [2.45, 2.75) is 0 Å². The van der Waals surface area contributed by atoms with Crippen LogP contribution in [0.3, 0.4) is 0 Å². The van der Waals surface area contributed by atoms with Gasteiger partial charge in [0.25, 0.3) is 5.91 Å². The normalized spacial score (nSPS) is 17.8. The lowest BCUT2D eigenvalue weighted by Gasteiger charge is -1.96. The van der Waals surface area contributed by atoms with E-state index in [9.17, 15) is 4.79 Å². The third-order valence-electron chi connectivity index (χ3n) is 1.88. The minimum atomic E-state index is -0.222.